The van der Waals surface area contributed by atoms with E-state index in [1.807, 2.05) is 12.1 Å². The van der Waals surface area contributed by atoms with Gasteiger partial charge in [0, 0.05) is 17.1 Å². The Morgan fingerprint density at radius 3 is 2.78 bits per heavy atom. The second-order valence-corrected chi connectivity index (χ2v) is 8.30. The summed E-state index contributed by atoms with van der Waals surface area (Å²) in [4.78, 5) is 12.5. The molecule has 2 bridgehead atoms. The Balaban J connectivity index is 1.66. The molecule has 0 heterocycles. The molecular weight excluding hydrogens is 336 g/mol. The van der Waals surface area contributed by atoms with Gasteiger partial charge in [-0.15, -0.1) is 0 Å². The van der Waals surface area contributed by atoms with Crippen molar-refractivity contribution in [1.82, 2.24) is 0 Å². The molecule has 1 saturated carbocycles. The second kappa shape index (κ2) is 7.01. The van der Waals surface area contributed by atoms with E-state index >= 15 is 0 Å². The van der Waals surface area contributed by atoms with Gasteiger partial charge < -0.3 is 16.2 Å². The van der Waals surface area contributed by atoms with Crippen molar-refractivity contribution >= 4 is 11.7 Å². The summed E-state index contributed by atoms with van der Waals surface area (Å²) < 4.78 is 5.66. The first-order valence-electron chi connectivity index (χ1n) is 9.95. The molecule has 4 rings (SSSR count). The molecule has 27 heavy (non-hydrogen) atoms. The van der Waals surface area contributed by atoms with Gasteiger partial charge in [0.05, 0.1) is 5.56 Å². The van der Waals surface area contributed by atoms with Crippen LogP contribution >= 0.6 is 0 Å². The van der Waals surface area contributed by atoms with Crippen LogP contribution in [0, 0.1) is 5.92 Å². The molecule has 0 amide bonds. The van der Waals surface area contributed by atoms with Crippen LogP contribution < -0.4 is 16.2 Å². The largest absolute Gasteiger partial charge is 0.423 e. The average Bonchev–Trinajstić information content (AvgIpc) is 2.66. The standard InChI is InChI=1S/C23H28N2O2/c1-23-12-6-2-3-7-16(21(23)25)13-15-10-11-17(14-19(15)23)27-22(26)18-8-4-5-9-20(18)24/h4-5,8-11,14,16,21H,2-3,6-7,12-13,24-25H2,1H3/t16?,21-,23+/m0/s1. The van der Waals surface area contributed by atoms with Crippen molar-refractivity contribution in [2.24, 2.45) is 11.7 Å². The van der Waals surface area contributed by atoms with Crippen molar-refractivity contribution in [2.75, 3.05) is 5.73 Å². The number of hydrogen-bond acceptors (Lipinski definition) is 4. The van der Waals surface area contributed by atoms with E-state index in [-0.39, 0.29) is 11.5 Å². The zero-order chi connectivity index (χ0) is 19.0. The molecule has 0 aromatic heterocycles. The maximum absolute atomic E-state index is 12.5. The molecule has 0 saturated heterocycles. The maximum Gasteiger partial charge on any atom is 0.345 e. The number of nitrogens with two attached hydrogens (primary N) is 2. The number of ether oxygens (including phenoxy) is 1. The van der Waals surface area contributed by atoms with Crippen LogP contribution in [-0.4, -0.2) is 12.0 Å². The summed E-state index contributed by atoms with van der Waals surface area (Å²) in [5.74, 6) is 0.685. The van der Waals surface area contributed by atoms with Crippen LogP contribution in [0.3, 0.4) is 0 Å². The number of rotatable bonds is 2. The third-order valence-corrected chi connectivity index (χ3v) is 6.58. The van der Waals surface area contributed by atoms with Gasteiger partial charge in [-0.2, -0.15) is 0 Å². The first-order chi connectivity index (χ1) is 13.0. The smallest absolute Gasteiger partial charge is 0.345 e. The van der Waals surface area contributed by atoms with E-state index in [4.69, 9.17) is 16.2 Å². The Kier molecular flexibility index (Phi) is 4.68. The number of carbonyl (C=O) groups is 1. The summed E-state index contributed by atoms with van der Waals surface area (Å²) in [7, 11) is 0. The fraction of sp³-hybridized carbons (Fsp3) is 0.435. The maximum atomic E-state index is 12.5. The molecule has 1 unspecified atom stereocenters. The van der Waals surface area contributed by atoms with Crippen LogP contribution in [-0.2, 0) is 11.8 Å². The number of para-hydroxylation sites is 1. The van der Waals surface area contributed by atoms with Crippen molar-refractivity contribution in [3.63, 3.8) is 0 Å². The molecule has 2 aromatic rings. The van der Waals surface area contributed by atoms with Crippen molar-refractivity contribution < 1.29 is 9.53 Å². The van der Waals surface area contributed by atoms with Crippen molar-refractivity contribution in [1.29, 1.82) is 0 Å². The average molecular weight is 364 g/mol. The molecule has 2 aromatic carbocycles. The summed E-state index contributed by atoms with van der Waals surface area (Å²) in [6.45, 7) is 2.29. The van der Waals surface area contributed by atoms with Crippen molar-refractivity contribution in [2.45, 2.75) is 56.9 Å². The number of esters is 1. The quantitative estimate of drug-likeness (QED) is 0.475. The molecule has 2 aliphatic carbocycles. The van der Waals surface area contributed by atoms with Gasteiger partial charge in [0.1, 0.15) is 5.75 Å². The van der Waals surface area contributed by atoms with E-state index in [1.165, 1.54) is 36.8 Å². The molecule has 3 atom stereocenters. The van der Waals surface area contributed by atoms with Gasteiger partial charge in [0.2, 0.25) is 0 Å². The predicted octanol–water partition coefficient (Wildman–Crippen LogP) is 4.21. The second-order valence-electron chi connectivity index (χ2n) is 8.30. The summed E-state index contributed by atoms with van der Waals surface area (Å²) in [5.41, 5.74) is 16.0. The minimum atomic E-state index is -0.422. The SMILES string of the molecule is C[C@@]12CCCCCC(Cc3ccc(OC(=O)c4ccccc4N)cc31)[C@@H]2N. The highest BCUT2D eigenvalue weighted by Crippen LogP contribution is 2.46. The van der Waals surface area contributed by atoms with Gasteiger partial charge in [-0.05, 0) is 60.6 Å². The minimum absolute atomic E-state index is 0.0626. The number of fused-ring (bicyclic) bond motifs is 4. The summed E-state index contributed by atoms with van der Waals surface area (Å²) in [6.07, 6.45) is 7.06. The van der Waals surface area contributed by atoms with Crippen LogP contribution in [0.25, 0.3) is 0 Å². The molecule has 0 radical (unpaired) electrons. The van der Waals surface area contributed by atoms with E-state index in [1.54, 1.807) is 24.3 Å². The van der Waals surface area contributed by atoms with Crippen LogP contribution in [0.2, 0.25) is 0 Å². The molecule has 4 N–H and O–H groups in total. The highest BCUT2D eigenvalue weighted by molar-refractivity contribution is 5.96. The molecule has 4 nitrogen and oxygen atoms in total. The number of carbonyl (C=O) groups excluding carboxylic acids is 1. The minimum Gasteiger partial charge on any atom is -0.423 e. The zero-order valence-corrected chi connectivity index (χ0v) is 15.9. The molecular formula is C23H28N2O2. The van der Waals surface area contributed by atoms with Gasteiger partial charge in [-0.25, -0.2) is 4.79 Å². The molecule has 0 aliphatic heterocycles. The van der Waals surface area contributed by atoms with E-state index in [9.17, 15) is 4.79 Å². The summed E-state index contributed by atoms with van der Waals surface area (Å²) in [6, 6.07) is 13.2. The molecule has 2 aliphatic rings. The van der Waals surface area contributed by atoms with Gasteiger partial charge in [-0.1, -0.05) is 44.4 Å². The first kappa shape index (κ1) is 18.1. The highest BCUT2D eigenvalue weighted by Gasteiger charge is 2.43. The third-order valence-electron chi connectivity index (χ3n) is 6.58. The Morgan fingerprint density at radius 2 is 1.96 bits per heavy atom. The first-order valence-corrected chi connectivity index (χ1v) is 9.95. The van der Waals surface area contributed by atoms with Crippen LogP contribution in [0.5, 0.6) is 5.75 Å². The Hall–Kier alpha value is -2.33. The summed E-state index contributed by atoms with van der Waals surface area (Å²) >= 11 is 0. The lowest BCUT2D eigenvalue weighted by Crippen LogP contribution is -2.52. The van der Waals surface area contributed by atoms with Crippen molar-refractivity contribution in [3.8, 4) is 5.75 Å². The van der Waals surface area contributed by atoms with Gasteiger partial charge in [0.25, 0.3) is 0 Å². The summed E-state index contributed by atoms with van der Waals surface area (Å²) in [5, 5.41) is 0. The zero-order valence-electron chi connectivity index (χ0n) is 15.9. The normalized spacial score (nSPS) is 27.2. The molecule has 142 valence electrons. The molecule has 0 spiro atoms. The molecule has 1 fully saturated rings. The van der Waals surface area contributed by atoms with Crippen LogP contribution in [0.4, 0.5) is 5.69 Å². The van der Waals surface area contributed by atoms with Crippen LogP contribution in [0.1, 0.15) is 60.5 Å². The van der Waals surface area contributed by atoms with E-state index in [0.29, 0.717) is 22.9 Å². The van der Waals surface area contributed by atoms with Crippen LogP contribution in [0.15, 0.2) is 42.5 Å². The van der Waals surface area contributed by atoms with Crippen molar-refractivity contribution in [3.05, 3.63) is 59.2 Å². The van der Waals surface area contributed by atoms with E-state index in [2.05, 4.69) is 13.0 Å². The van der Waals surface area contributed by atoms with Gasteiger partial charge >= 0.3 is 5.97 Å². The van der Waals surface area contributed by atoms with Gasteiger partial charge in [0.15, 0.2) is 0 Å². The number of nitrogen functional groups attached to an aromatic ring is 1. The Labute approximate surface area is 160 Å². The number of anilines is 1. The lowest BCUT2D eigenvalue weighted by molar-refractivity contribution is 0.0735. The third kappa shape index (κ3) is 3.23. The number of hydrogen-bond donors (Lipinski definition) is 2. The highest BCUT2D eigenvalue weighted by atomic mass is 16.5. The van der Waals surface area contributed by atoms with E-state index in [0.717, 1.165) is 12.8 Å². The van der Waals surface area contributed by atoms with Gasteiger partial charge in [-0.3, -0.25) is 0 Å². The Morgan fingerprint density at radius 1 is 1.15 bits per heavy atom. The lowest BCUT2D eigenvalue weighted by Gasteiger charge is -2.47. The fourth-order valence-corrected chi connectivity index (χ4v) is 4.94. The predicted molar refractivity (Wildman–Crippen MR) is 108 cm³/mol. The topological polar surface area (TPSA) is 78.3 Å². The van der Waals surface area contributed by atoms with E-state index < -0.39 is 5.97 Å². The lowest BCUT2D eigenvalue weighted by atomic mass is 9.60. The number of benzene rings is 2. The monoisotopic (exact) mass is 364 g/mol. The Bertz CT molecular complexity index is 863. The molecule has 4 heteroatoms. The fourth-order valence-electron chi connectivity index (χ4n) is 4.94.